The smallest absolute Gasteiger partial charge is 0.293 e. The average molecular weight is 440 g/mol. The average Bonchev–Trinajstić information content (AvgIpc) is 2.93. The number of amides is 2. The lowest BCUT2D eigenvalue weighted by Crippen LogP contribution is -2.32. The highest BCUT2D eigenvalue weighted by Gasteiger charge is 2.35. The second-order valence-corrected chi connectivity index (χ2v) is 7.55. The van der Waals surface area contributed by atoms with Gasteiger partial charge in [0.1, 0.15) is 12.4 Å². The number of halogens is 2. The number of hydrogen-bond acceptors (Lipinski definition) is 6. The summed E-state index contributed by atoms with van der Waals surface area (Å²) in [5.41, 5.74) is 0.285. The van der Waals surface area contributed by atoms with Crippen LogP contribution < -0.4 is 9.47 Å². The summed E-state index contributed by atoms with van der Waals surface area (Å²) < 4.78 is 10.6. The number of nitrogens with zero attached hydrogens (tertiary/aromatic N) is 1. The third-order valence-corrected chi connectivity index (χ3v) is 5.22. The van der Waals surface area contributed by atoms with Crippen molar-refractivity contribution in [3.63, 3.8) is 0 Å². The number of carbonyl (C=O) groups is 2. The molecular weight excluding hydrogens is 425 g/mol. The molecule has 2 aromatic rings. The van der Waals surface area contributed by atoms with Crippen molar-refractivity contribution in [2.45, 2.75) is 0 Å². The van der Waals surface area contributed by atoms with Gasteiger partial charge in [-0.05, 0) is 48.2 Å². The number of imide groups is 1. The highest BCUT2D eigenvalue weighted by Crippen LogP contribution is 2.38. The number of phenolic OH excluding ortho intramolecular Hbond substituents is 1. The van der Waals surface area contributed by atoms with E-state index in [1.165, 1.54) is 25.3 Å². The minimum Gasteiger partial charge on any atom is -0.504 e. The van der Waals surface area contributed by atoms with Crippen LogP contribution in [0.5, 0.6) is 17.2 Å². The van der Waals surface area contributed by atoms with E-state index in [4.69, 9.17) is 32.7 Å². The van der Waals surface area contributed by atoms with Crippen molar-refractivity contribution in [3.05, 3.63) is 56.9 Å². The van der Waals surface area contributed by atoms with Crippen LogP contribution in [0.4, 0.5) is 4.79 Å². The summed E-state index contributed by atoms with van der Waals surface area (Å²) in [4.78, 5) is 26.0. The zero-order chi connectivity index (χ0) is 20.3. The van der Waals surface area contributed by atoms with Crippen LogP contribution in [-0.2, 0) is 4.79 Å². The molecule has 0 radical (unpaired) electrons. The van der Waals surface area contributed by atoms with Crippen LogP contribution in [0.1, 0.15) is 5.56 Å². The van der Waals surface area contributed by atoms with Gasteiger partial charge in [-0.3, -0.25) is 14.5 Å². The zero-order valence-electron chi connectivity index (χ0n) is 14.6. The van der Waals surface area contributed by atoms with E-state index in [9.17, 15) is 14.7 Å². The van der Waals surface area contributed by atoms with Gasteiger partial charge in [0.25, 0.3) is 11.1 Å². The minimum absolute atomic E-state index is 0.0927. The molecule has 0 aliphatic carbocycles. The second-order valence-electron chi connectivity index (χ2n) is 5.68. The zero-order valence-corrected chi connectivity index (χ0v) is 17.0. The Morgan fingerprint density at radius 1 is 1.14 bits per heavy atom. The summed E-state index contributed by atoms with van der Waals surface area (Å²) in [6, 6.07) is 9.71. The van der Waals surface area contributed by atoms with Crippen LogP contribution in [0.3, 0.4) is 0 Å². The molecule has 146 valence electrons. The van der Waals surface area contributed by atoms with Crippen molar-refractivity contribution < 1.29 is 24.2 Å². The Bertz CT molecular complexity index is 946. The predicted molar refractivity (Wildman–Crippen MR) is 109 cm³/mol. The van der Waals surface area contributed by atoms with Gasteiger partial charge in [0.05, 0.1) is 18.6 Å². The lowest BCUT2D eigenvalue weighted by molar-refractivity contribution is -0.123. The fourth-order valence-corrected chi connectivity index (χ4v) is 3.68. The van der Waals surface area contributed by atoms with Crippen LogP contribution in [-0.4, -0.2) is 41.4 Å². The van der Waals surface area contributed by atoms with E-state index in [1.54, 1.807) is 24.3 Å². The molecule has 1 N–H and O–H groups in total. The predicted octanol–water partition coefficient (Wildman–Crippen LogP) is 4.82. The molecule has 2 amide bonds. The van der Waals surface area contributed by atoms with Gasteiger partial charge in [-0.25, -0.2) is 0 Å². The van der Waals surface area contributed by atoms with E-state index in [2.05, 4.69) is 0 Å². The van der Waals surface area contributed by atoms with Gasteiger partial charge in [0.2, 0.25) is 0 Å². The van der Waals surface area contributed by atoms with Gasteiger partial charge in [-0.1, -0.05) is 23.2 Å². The summed E-state index contributed by atoms with van der Waals surface area (Å²) in [5, 5.41) is 10.7. The van der Waals surface area contributed by atoms with Crippen molar-refractivity contribution in [1.82, 2.24) is 4.90 Å². The molecule has 1 saturated heterocycles. The highest BCUT2D eigenvalue weighted by molar-refractivity contribution is 8.18. The molecule has 3 rings (SSSR count). The lowest BCUT2D eigenvalue weighted by atomic mass is 10.1. The Hall–Kier alpha value is -2.35. The van der Waals surface area contributed by atoms with Crippen LogP contribution in [0.25, 0.3) is 6.08 Å². The Kier molecular flexibility index (Phi) is 6.39. The number of ether oxygens (including phenoxy) is 2. The largest absolute Gasteiger partial charge is 0.504 e. The van der Waals surface area contributed by atoms with Crippen LogP contribution in [0, 0.1) is 0 Å². The molecule has 0 unspecified atom stereocenters. The van der Waals surface area contributed by atoms with E-state index < -0.39 is 11.1 Å². The third kappa shape index (κ3) is 4.55. The molecule has 1 aliphatic rings. The quantitative estimate of drug-likeness (QED) is 0.649. The van der Waals surface area contributed by atoms with Gasteiger partial charge in [0, 0.05) is 21.7 Å². The van der Waals surface area contributed by atoms with E-state index in [0.29, 0.717) is 15.8 Å². The number of thioether (sulfide) groups is 1. The Labute approximate surface area is 175 Å². The van der Waals surface area contributed by atoms with Gasteiger partial charge in [0.15, 0.2) is 11.5 Å². The molecule has 2 aromatic carbocycles. The molecule has 0 saturated carbocycles. The monoisotopic (exact) mass is 439 g/mol. The van der Waals surface area contributed by atoms with Crippen LogP contribution in [0.2, 0.25) is 10.0 Å². The van der Waals surface area contributed by atoms with Crippen LogP contribution in [0.15, 0.2) is 41.3 Å². The lowest BCUT2D eigenvalue weighted by Gasteiger charge is -2.13. The molecule has 1 heterocycles. The first-order chi connectivity index (χ1) is 13.4. The van der Waals surface area contributed by atoms with Crippen molar-refractivity contribution in [3.8, 4) is 17.2 Å². The van der Waals surface area contributed by atoms with Gasteiger partial charge in [-0.15, -0.1) is 0 Å². The second kappa shape index (κ2) is 8.77. The Morgan fingerprint density at radius 3 is 2.54 bits per heavy atom. The number of carbonyl (C=O) groups excluding carboxylic acids is 2. The maximum atomic E-state index is 12.6. The number of methoxy groups -OCH3 is 1. The maximum Gasteiger partial charge on any atom is 0.293 e. The molecule has 1 aliphatic heterocycles. The molecule has 1 fully saturated rings. The number of rotatable bonds is 6. The standard InChI is InChI=1S/C19H15Cl2NO5S/c1-26-15-10-13(21)8-11(17(15)23)9-16-18(24)22(19(25)28-16)6-7-27-14-4-2-12(20)3-5-14/h2-5,8-10,23H,6-7H2,1H3/b16-9-. The summed E-state index contributed by atoms with van der Waals surface area (Å²) in [6.07, 6.45) is 1.41. The molecule has 0 aromatic heterocycles. The fourth-order valence-electron chi connectivity index (χ4n) is 2.48. The van der Waals surface area contributed by atoms with E-state index in [1.807, 2.05) is 0 Å². The summed E-state index contributed by atoms with van der Waals surface area (Å²) in [6.45, 7) is 0.235. The van der Waals surface area contributed by atoms with E-state index in [-0.39, 0.29) is 35.1 Å². The van der Waals surface area contributed by atoms with Crippen molar-refractivity contribution in [1.29, 1.82) is 0 Å². The summed E-state index contributed by atoms with van der Waals surface area (Å²) in [7, 11) is 1.39. The van der Waals surface area contributed by atoms with Gasteiger partial charge < -0.3 is 14.6 Å². The molecule has 0 atom stereocenters. The first-order valence-corrected chi connectivity index (χ1v) is 9.66. The van der Waals surface area contributed by atoms with Crippen LogP contribution >= 0.6 is 35.0 Å². The normalized spacial score (nSPS) is 15.4. The summed E-state index contributed by atoms with van der Waals surface area (Å²) >= 11 is 12.6. The first kappa shape index (κ1) is 20.4. The molecule has 0 bridgehead atoms. The molecule has 6 nitrogen and oxygen atoms in total. The number of phenols is 1. The number of hydrogen-bond donors (Lipinski definition) is 1. The molecule has 28 heavy (non-hydrogen) atoms. The Morgan fingerprint density at radius 2 is 1.86 bits per heavy atom. The number of aromatic hydroxyl groups is 1. The highest BCUT2D eigenvalue weighted by atomic mass is 35.5. The fraction of sp³-hybridized carbons (Fsp3) is 0.158. The van der Waals surface area contributed by atoms with E-state index >= 15 is 0 Å². The van der Waals surface area contributed by atoms with Gasteiger partial charge >= 0.3 is 0 Å². The molecule has 0 spiro atoms. The third-order valence-electron chi connectivity index (χ3n) is 3.85. The summed E-state index contributed by atoms with van der Waals surface area (Å²) in [5.74, 6) is 0.134. The topological polar surface area (TPSA) is 76.1 Å². The van der Waals surface area contributed by atoms with Crippen molar-refractivity contribution in [2.24, 2.45) is 0 Å². The first-order valence-electron chi connectivity index (χ1n) is 8.09. The molecular formula is C19H15Cl2NO5S. The molecule has 9 heteroatoms. The maximum absolute atomic E-state index is 12.6. The minimum atomic E-state index is -0.465. The SMILES string of the molecule is COc1cc(Cl)cc(/C=C2\SC(=O)N(CCOc3ccc(Cl)cc3)C2=O)c1O. The Balaban J connectivity index is 1.70. The van der Waals surface area contributed by atoms with Gasteiger partial charge in [-0.2, -0.15) is 0 Å². The van der Waals surface area contributed by atoms with Crippen molar-refractivity contribution in [2.75, 3.05) is 20.3 Å². The van der Waals surface area contributed by atoms with E-state index in [0.717, 1.165) is 16.7 Å². The number of benzene rings is 2. The van der Waals surface area contributed by atoms with Crippen molar-refractivity contribution >= 4 is 52.2 Å².